The number of halogens is 1. The Morgan fingerprint density at radius 3 is 2.68 bits per heavy atom. The lowest BCUT2D eigenvalue weighted by molar-refractivity contribution is -0.384. The normalized spacial score (nSPS) is 10.5. The van der Waals surface area contributed by atoms with Crippen LogP contribution in [0.2, 0.25) is 0 Å². The predicted octanol–water partition coefficient (Wildman–Crippen LogP) is 2.64. The van der Waals surface area contributed by atoms with E-state index in [4.69, 9.17) is 9.15 Å². The van der Waals surface area contributed by atoms with Gasteiger partial charge in [0.15, 0.2) is 12.0 Å². The number of amides is 1. The second-order valence-corrected chi connectivity index (χ2v) is 5.51. The number of nitrogens with zero attached hydrogens (tertiary/aromatic N) is 1. The number of anilines is 1. The number of hydrogen-bond acceptors (Lipinski definition) is 7. The molecule has 1 amide bonds. The molecule has 0 atom stereocenters. The average Bonchev–Trinajstić information content (AvgIpc) is 2.67. The minimum Gasteiger partial charge on any atom is -0.450 e. The molecule has 9 nitrogen and oxygen atoms in total. The number of rotatable bonds is 5. The van der Waals surface area contributed by atoms with Crippen molar-refractivity contribution in [3.05, 3.63) is 80.4 Å². The average molecular weight is 386 g/mol. The van der Waals surface area contributed by atoms with Crippen LogP contribution in [0, 0.1) is 15.9 Å². The van der Waals surface area contributed by atoms with Crippen molar-refractivity contribution < 1.29 is 28.1 Å². The van der Waals surface area contributed by atoms with E-state index in [1.165, 1.54) is 12.1 Å². The Kier molecular flexibility index (Phi) is 5.12. The Bertz CT molecular complexity index is 1160. The van der Waals surface area contributed by atoms with Crippen molar-refractivity contribution in [2.45, 2.75) is 0 Å². The van der Waals surface area contributed by atoms with Gasteiger partial charge in [-0.1, -0.05) is 12.1 Å². The molecule has 1 heterocycles. The van der Waals surface area contributed by atoms with Gasteiger partial charge < -0.3 is 14.5 Å². The molecule has 0 radical (unpaired) electrons. The molecular formula is C18H11FN2O7. The molecule has 0 spiro atoms. The van der Waals surface area contributed by atoms with Crippen molar-refractivity contribution in [3.8, 4) is 0 Å². The third-order valence-electron chi connectivity index (χ3n) is 3.60. The Labute approximate surface area is 155 Å². The van der Waals surface area contributed by atoms with E-state index < -0.39 is 46.1 Å². The van der Waals surface area contributed by atoms with Crippen LogP contribution in [0.25, 0.3) is 11.0 Å². The predicted molar refractivity (Wildman–Crippen MR) is 94.5 cm³/mol. The van der Waals surface area contributed by atoms with Crippen molar-refractivity contribution in [2.75, 3.05) is 11.9 Å². The Balaban J connectivity index is 1.69. The minimum atomic E-state index is -1.06. The van der Waals surface area contributed by atoms with Crippen molar-refractivity contribution in [3.63, 3.8) is 0 Å². The zero-order chi connectivity index (χ0) is 20.3. The first-order valence-electron chi connectivity index (χ1n) is 7.79. The highest BCUT2D eigenvalue weighted by molar-refractivity contribution is 5.96. The molecule has 0 unspecified atom stereocenters. The molecule has 0 saturated carbocycles. The summed E-state index contributed by atoms with van der Waals surface area (Å²) in [5.74, 6) is -3.20. The number of nitro benzene ring substituents is 1. The molecule has 1 N–H and O–H groups in total. The van der Waals surface area contributed by atoms with Crippen LogP contribution < -0.4 is 10.7 Å². The highest BCUT2D eigenvalue weighted by atomic mass is 19.1. The van der Waals surface area contributed by atoms with Gasteiger partial charge in [0.1, 0.15) is 17.1 Å². The van der Waals surface area contributed by atoms with Gasteiger partial charge in [-0.25, -0.2) is 9.18 Å². The van der Waals surface area contributed by atoms with Crippen LogP contribution in [-0.2, 0) is 9.53 Å². The van der Waals surface area contributed by atoms with Gasteiger partial charge in [0.05, 0.1) is 16.4 Å². The first kappa shape index (κ1) is 18.7. The number of nitrogens with one attached hydrogen (secondary N) is 1. The summed E-state index contributed by atoms with van der Waals surface area (Å²) in [7, 11) is 0. The molecular weight excluding hydrogens is 375 g/mol. The van der Waals surface area contributed by atoms with Crippen LogP contribution in [0.1, 0.15) is 10.6 Å². The van der Waals surface area contributed by atoms with E-state index in [0.717, 1.165) is 18.2 Å². The lowest BCUT2D eigenvalue weighted by atomic mass is 10.2. The fourth-order valence-electron chi connectivity index (χ4n) is 2.35. The van der Waals surface area contributed by atoms with E-state index in [1.54, 1.807) is 12.1 Å². The van der Waals surface area contributed by atoms with Crippen LogP contribution in [0.15, 0.2) is 57.7 Å². The van der Waals surface area contributed by atoms with E-state index in [2.05, 4.69) is 5.32 Å². The minimum absolute atomic E-state index is 0.174. The summed E-state index contributed by atoms with van der Waals surface area (Å²) in [5, 5.41) is 13.3. The number of para-hydroxylation sites is 1. The third kappa shape index (κ3) is 4.01. The van der Waals surface area contributed by atoms with Gasteiger partial charge in [-0.05, 0) is 24.3 Å². The molecule has 28 heavy (non-hydrogen) atoms. The molecule has 0 aliphatic carbocycles. The van der Waals surface area contributed by atoms with Gasteiger partial charge in [-0.3, -0.25) is 19.7 Å². The Morgan fingerprint density at radius 1 is 1.18 bits per heavy atom. The fourth-order valence-corrected chi connectivity index (χ4v) is 2.35. The standard InChI is InChI=1S/C18H11FN2O7/c19-10-5-6-12(13(7-10)21(25)26)20-17(23)9-27-18(24)16-8-14(22)11-3-1-2-4-15(11)28-16/h1-8H,9H2,(H,20,23). The van der Waals surface area contributed by atoms with Crippen LogP contribution in [0.4, 0.5) is 15.8 Å². The molecule has 142 valence electrons. The van der Waals surface area contributed by atoms with Crippen molar-refractivity contribution in [1.29, 1.82) is 0 Å². The smallest absolute Gasteiger partial charge is 0.374 e. The first-order valence-corrected chi connectivity index (χ1v) is 7.79. The highest BCUT2D eigenvalue weighted by Crippen LogP contribution is 2.24. The van der Waals surface area contributed by atoms with Gasteiger partial charge in [0, 0.05) is 6.07 Å². The maximum Gasteiger partial charge on any atom is 0.374 e. The van der Waals surface area contributed by atoms with Gasteiger partial charge in [0.25, 0.3) is 11.6 Å². The SMILES string of the molecule is O=C(COC(=O)c1cc(=O)c2ccccc2o1)Nc1ccc(F)cc1[N+](=O)[O-]. The van der Waals surface area contributed by atoms with Gasteiger partial charge in [-0.15, -0.1) is 0 Å². The van der Waals surface area contributed by atoms with Crippen LogP contribution in [-0.4, -0.2) is 23.4 Å². The van der Waals surface area contributed by atoms with E-state index in [9.17, 15) is 28.9 Å². The summed E-state index contributed by atoms with van der Waals surface area (Å²) in [6.07, 6.45) is 0. The van der Waals surface area contributed by atoms with Crippen LogP contribution >= 0.6 is 0 Å². The highest BCUT2D eigenvalue weighted by Gasteiger charge is 2.19. The largest absolute Gasteiger partial charge is 0.450 e. The number of nitro groups is 1. The topological polar surface area (TPSA) is 129 Å². The van der Waals surface area contributed by atoms with E-state index >= 15 is 0 Å². The fraction of sp³-hybridized carbons (Fsp3) is 0.0556. The van der Waals surface area contributed by atoms with E-state index in [0.29, 0.717) is 6.07 Å². The third-order valence-corrected chi connectivity index (χ3v) is 3.60. The number of hydrogen-bond donors (Lipinski definition) is 1. The van der Waals surface area contributed by atoms with E-state index in [-0.39, 0.29) is 16.7 Å². The summed E-state index contributed by atoms with van der Waals surface area (Å²) in [6.45, 7) is -0.802. The molecule has 0 aliphatic rings. The zero-order valence-electron chi connectivity index (χ0n) is 14.0. The second-order valence-electron chi connectivity index (χ2n) is 5.51. The maximum atomic E-state index is 13.1. The molecule has 0 bridgehead atoms. The first-order chi connectivity index (χ1) is 13.3. The summed E-state index contributed by atoms with van der Waals surface area (Å²) >= 11 is 0. The van der Waals surface area contributed by atoms with Crippen LogP contribution in [0.5, 0.6) is 0 Å². The number of esters is 1. The molecule has 2 aromatic carbocycles. The number of carbonyl (C=O) groups excluding carboxylic acids is 2. The van der Waals surface area contributed by atoms with Crippen molar-refractivity contribution in [1.82, 2.24) is 0 Å². The van der Waals surface area contributed by atoms with Crippen molar-refractivity contribution >= 4 is 34.2 Å². The molecule has 3 aromatic rings. The number of carbonyl (C=O) groups is 2. The molecule has 1 aromatic heterocycles. The maximum absolute atomic E-state index is 13.1. The quantitative estimate of drug-likeness (QED) is 0.405. The summed E-state index contributed by atoms with van der Waals surface area (Å²) in [5.41, 5.74) is -1.20. The summed E-state index contributed by atoms with van der Waals surface area (Å²) < 4.78 is 23.2. The van der Waals surface area contributed by atoms with Crippen molar-refractivity contribution in [2.24, 2.45) is 0 Å². The zero-order valence-corrected chi connectivity index (χ0v) is 14.0. The molecule has 0 aliphatic heterocycles. The van der Waals surface area contributed by atoms with Crippen LogP contribution in [0.3, 0.4) is 0 Å². The lowest BCUT2D eigenvalue weighted by Gasteiger charge is -2.07. The molecule has 0 saturated heterocycles. The lowest BCUT2D eigenvalue weighted by Crippen LogP contribution is -2.22. The summed E-state index contributed by atoms with van der Waals surface area (Å²) in [4.78, 5) is 45.9. The number of benzene rings is 2. The molecule has 10 heteroatoms. The monoisotopic (exact) mass is 386 g/mol. The van der Waals surface area contributed by atoms with Gasteiger partial charge in [0.2, 0.25) is 5.76 Å². The molecule has 3 rings (SSSR count). The Hall–Kier alpha value is -4.08. The Morgan fingerprint density at radius 2 is 1.93 bits per heavy atom. The van der Waals surface area contributed by atoms with Gasteiger partial charge in [-0.2, -0.15) is 0 Å². The summed E-state index contributed by atoms with van der Waals surface area (Å²) in [6, 6.07) is 9.79. The van der Waals surface area contributed by atoms with E-state index in [1.807, 2.05) is 0 Å². The number of fused-ring (bicyclic) bond motifs is 1. The van der Waals surface area contributed by atoms with Gasteiger partial charge >= 0.3 is 5.97 Å². The number of ether oxygens (including phenoxy) is 1. The second kappa shape index (κ2) is 7.66. The molecule has 0 fully saturated rings.